The molecule has 0 fully saturated rings. The second-order valence-corrected chi connectivity index (χ2v) is 2.06. The van der Waals surface area contributed by atoms with E-state index < -0.39 is 11.7 Å². The molecule has 1 atom stereocenters. The van der Waals surface area contributed by atoms with Gasteiger partial charge in [-0.1, -0.05) is 0 Å². The van der Waals surface area contributed by atoms with Gasteiger partial charge < -0.3 is 19.9 Å². The predicted molar refractivity (Wildman–Crippen MR) is 37.6 cm³/mol. The molecular weight excluding hydrogens is 150 g/mol. The maximum absolute atomic E-state index is 10.7. The number of nitrogens with two attached hydrogens (primary N) is 1. The zero-order chi connectivity index (χ0) is 8.91. The fourth-order valence-corrected chi connectivity index (χ4v) is 0.402. The molecule has 1 unspecified atom stereocenters. The van der Waals surface area contributed by atoms with Crippen LogP contribution in [0.2, 0.25) is 0 Å². The van der Waals surface area contributed by atoms with Crippen LogP contribution in [0, 0.1) is 0 Å². The summed E-state index contributed by atoms with van der Waals surface area (Å²) in [7, 11) is 2.78. The molecule has 2 N–H and O–H groups in total. The Bertz CT molecular complexity index is 139. The van der Waals surface area contributed by atoms with Gasteiger partial charge in [0.2, 0.25) is 5.79 Å². The van der Waals surface area contributed by atoms with E-state index in [0.29, 0.717) is 0 Å². The molecule has 0 aliphatic heterocycles. The minimum atomic E-state index is -1.39. The van der Waals surface area contributed by atoms with Gasteiger partial charge in [-0.3, -0.25) is 4.79 Å². The third-order valence-electron chi connectivity index (χ3n) is 1.29. The van der Waals surface area contributed by atoms with Crippen LogP contribution in [0.4, 0.5) is 0 Å². The van der Waals surface area contributed by atoms with Crippen LogP contribution in [0.3, 0.4) is 0 Å². The van der Waals surface area contributed by atoms with Gasteiger partial charge in [0.15, 0.2) is 0 Å². The first-order valence-corrected chi connectivity index (χ1v) is 3.04. The first-order valence-electron chi connectivity index (χ1n) is 3.04. The Labute approximate surface area is 65.4 Å². The number of hydrogen-bond donors (Lipinski definition) is 1. The number of amides is 1. The molecule has 11 heavy (non-hydrogen) atoms. The van der Waals surface area contributed by atoms with Crippen molar-refractivity contribution in [1.29, 1.82) is 0 Å². The number of carbonyl (C=O) groups excluding carboxylic acids is 1. The molecule has 0 aliphatic rings. The maximum atomic E-state index is 10.7. The van der Waals surface area contributed by atoms with Gasteiger partial charge in [-0.2, -0.15) is 0 Å². The van der Waals surface area contributed by atoms with Crippen molar-refractivity contribution in [3.63, 3.8) is 0 Å². The highest BCUT2D eigenvalue weighted by Crippen LogP contribution is 2.09. The molecule has 0 spiro atoms. The van der Waals surface area contributed by atoms with E-state index in [2.05, 4.69) is 4.74 Å². The Balaban J connectivity index is 3.99. The molecule has 0 saturated carbocycles. The van der Waals surface area contributed by atoms with Crippen molar-refractivity contribution >= 4 is 5.91 Å². The van der Waals surface area contributed by atoms with E-state index >= 15 is 0 Å². The Kier molecular flexibility index (Phi) is 4.02. The molecule has 0 saturated heterocycles. The van der Waals surface area contributed by atoms with Crippen LogP contribution in [0.25, 0.3) is 0 Å². The monoisotopic (exact) mass is 163 g/mol. The minimum Gasteiger partial charge on any atom is -0.365 e. The summed E-state index contributed by atoms with van der Waals surface area (Å²) < 4.78 is 14.2. The predicted octanol–water partition coefficient (Wildman–Crippen LogP) is -0.545. The van der Waals surface area contributed by atoms with Crippen molar-refractivity contribution in [2.45, 2.75) is 12.7 Å². The summed E-state index contributed by atoms with van der Waals surface area (Å²) in [6.07, 6.45) is 0. The number of hydrogen-bond acceptors (Lipinski definition) is 4. The van der Waals surface area contributed by atoms with Crippen LogP contribution < -0.4 is 5.73 Å². The van der Waals surface area contributed by atoms with Crippen LogP contribution in [0.1, 0.15) is 6.92 Å². The third-order valence-corrected chi connectivity index (χ3v) is 1.29. The molecule has 0 aromatic carbocycles. The normalized spacial score (nSPS) is 15.9. The largest absolute Gasteiger partial charge is 0.365 e. The van der Waals surface area contributed by atoms with Crippen molar-refractivity contribution in [3.8, 4) is 0 Å². The quantitative estimate of drug-likeness (QED) is 0.552. The van der Waals surface area contributed by atoms with Crippen LogP contribution >= 0.6 is 0 Å². The summed E-state index contributed by atoms with van der Waals surface area (Å²) in [5, 5.41) is 0. The SMILES string of the molecule is COCOC(C)(OC)C(N)=O. The second-order valence-electron chi connectivity index (χ2n) is 2.06. The zero-order valence-corrected chi connectivity index (χ0v) is 6.92. The number of carbonyl (C=O) groups is 1. The van der Waals surface area contributed by atoms with Crippen molar-refractivity contribution in [2.24, 2.45) is 5.73 Å². The summed E-state index contributed by atoms with van der Waals surface area (Å²) in [5.74, 6) is -2.08. The Morgan fingerprint density at radius 1 is 1.55 bits per heavy atom. The first-order chi connectivity index (χ1) is 5.06. The first kappa shape index (κ1) is 10.3. The van der Waals surface area contributed by atoms with Gasteiger partial charge in [-0.25, -0.2) is 0 Å². The lowest BCUT2D eigenvalue weighted by molar-refractivity contribution is -0.236. The summed E-state index contributed by atoms with van der Waals surface area (Å²) in [5.41, 5.74) is 4.98. The highest BCUT2D eigenvalue weighted by atomic mass is 16.8. The highest BCUT2D eigenvalue weighted by molar-refractivity contribution is 5.81. The van der Waals surface area contributed by atoms with Crippen LogP contribution in [-0.2, 0) is 19.0 Å². The standard InChI is InChI=1S/C6H13NO4/c1-6(10-3,5(7)8)11-4-9-2/h4H2,1-3H3,(H2,7,8). The molecule has 0 rings (SSSR count). The van der Waals surface area contributed by atoms with E-state index in [9.17, 15) is 4.79 Å². The van der Waals surface area contributed by atoms with Crippen molar-refractivity contribution in [3.05, 3.63) is 0 Å². The lowest BCUT2D eigenvalue weighted by Gasteiger charge is -2.23. The molecule has 0 heterocycles. The van der Waals surface area contributed by atoms with Gasteiger partial charge in [0.05, 0.1) is 0 Å². The average Bonchev–Trinajstić information content (AvgIpc) is 2.00. The Hall–Kier alpha value is -0.650. The fourth-order valence-electron chi connectivity index (χ4n) is 0.402. The smallest absolute Gasteiger partial charge is 0.277 e. The molecule has 0 radical (unpaired) electrons. The summed E-state index contributed by atoms with van der Waals surface area (Å²) in [6.45, 7) is 1.39. The lowest BCUT2D eigenvalue weighted by atomic mass is 10.3. The van der Waals surface area contributed by atoms with Crippen LogP contribution in [0.15, 0.2) is 0 Å². The summed E-state index contributed by atoms with van der Waals surface area (Å²) >= 11 is 0. The summed E-state index contributed by atoms with van der Waals surface area (Å²) in [6, 6.07) is 0. The molecule has 0 aromatic heterocycles. The molecule has 0 aromatic rings. The van der Waals surface area contributed by atoms with E-state index in [4.69, 9.17) is 15.2 Å². The molecule has 0 bridgehead atoms. The number of ether oxygens (including phenoxy) is 3. The molecule has 0 aliphatic carbocycles. The molecular formula is C6H13NO4. The third kappa shape index (κ3) is 2.83. The zero-order valence-electron chi connectivity index (χ0n) is 6.92. The van der Waals surface area contributed by atoms with Gasteiger partial charge in [-0.05, 0) is 6.92 Å². The van der Waals surface area contributed by atoms with E-state index in [-0.39, 0.29) is 6.79 Å². The molecule has 1 amide bonds. The Morgan fingerprint density at radius 2 is 2.09 bits per heavy atom. The number of rotatable bonds is 5. The topological polar surface area (TPSA) is 70.8 Å². The van der Waals surface area contributed by atoms with Crippen LogP contribution in [-0.4, -0.2) is 32.7 Å². The van der Waals surface area contributed by atoms with Gasteiger partial charge >= 0.3 is 0 Å². The van der Waals surface area contributed by atoms with Gasteiger partial charge in [0.25, 0.3) is 5.91 Å². The number of primary amides is 1. The minimum absolute atomic E-state index is 0.0344. The number of methoxy groups -OCH3 is 2. The lowest BCUT2D eigenvalue weighted by Crippen LogP contribution is -2.45. The van der Waals surface area contributed by atoms with Gasteiger partial charge in [-0.15, -0.1) is 0 Å². The van der Waals surface area contributed by atoms with Gasteiger partial charge in [0, 0.05) is 14.2 Å². The summed E-state index contributed by atoms with van der Waals surface area (Å²) in [4.78, 5) is 10.7. The second kappa shape index (κ2) is 4.27. The van der Waals surface area contributed by atoms with Crippen LogP contribution in [0.5, 0.6) is 0 Å². The Morgan fingerprint density at radius 3 is 2.36 bits per heavy atom. The van der Waals surface area contributed by atoms with E-state index in [1.807, 2.05) is 0 Å². The van der Waals surface area contributed by atoms with Crippen molar-refractivity contribution < 1.29 is 19.0 Å². The van der Waals surface area contributed by atoms with Gasteiger partial charge in [0.1, 0.15) is 6.79 Å². The van der Waals surface area contributed by atoms with E-state index in [1.165, 1.54) is 21.1 Å². The van der Waals surface area contributed by atoms with E-state index in [0.717, 1.165) is 0 Å². The highest BCUT2D eigenvalue weighted by Gasteiger charge is 2.31. The van der Waals surface area contributed by atoms with Crippen molar-refractivity contribution in [1.82, 2.24) is 0 Å². The molecule has 5 heteroatoms. The van der Waals surface area contributed by atoms with E-state index in [1.54, 1.807) is 0 Å². The van der Waals surface area contributed by atoms with Crippen molar-refractivity contribution in [2.75, 3.05) is 21.0 Å². The molecule has 5 nitrogen and oxygen atoms in total. The average molecular weight is 163 g/mol. The maximum Gasteiger partial charge on any atom is 0.277 e. The fraction of sp³-hybridized carbons (Fsp3) is 0.833. The molecule has 66 valence electrons.